The first-order chi connectivity index (χ1) is 5.39. The minimum atomic E-state index is -4.27. The van der Waals surface area contributed by atoms with Crippen molar-refractivity contribution >= 4 is 0 Å². The zero-order valence-electron chi connectivity index (χ0n) is 6.57. The van der Waals surface area contributed by atoms with E-state index in [1.165, 1.54) is 0 Å². The highest BCUT2D eigenvalue weighted by Gasteiger charge is 2.30. The lowest BCUT2D eigenvalue weighted by Crippen LogP contribution is -2.05. The predicted octanol–water partition coefficient (Wildman–Crippen LogP) is 3.20. The number of aryl methyl sites for hydroxylation is 1. The Morgan fingerprint density at radius 1 is 1.17 bits per heavy atom. The molecule has 0 bridgehead atoms. The SMILES string of the molecule is [CH2]c1cc(C)cc(C(F)(F)F)c1. The second kappa shape index (κ2) is 2.81. The fourth-order valence-corrected chi connectivity index (χ4v) is 1.03. The molecule has 0 fully saturated rings. The molecule has 0 unspecified atom stereocenters. The van der Waals surface area contributed by atoms with Crippen LogP contribution in [0.15, 0.2) is 18.2 Å². The lowest BCUT2D eigenvalue weighted by molar-refractivity contribution is -0.137. The Morgan fingerprint density at radius 2 is 1.75 bits per heavy atom. The van der Waals surface area contributed by atoms with Gasteiger partial charge in [-0.1, -0.05) is 11.6 Å². The fraction of sp³-hybridized carbons (Fsp3) is 0.222. The van der Waals surface area contributed by atoms with Crippen LogP contribution in [-0.4, -0.2) is 0 Å². The molecular weight excluding hydrogens is 165 g/mol. The molecule has 3 heteroatoms. The Labute approximate surface area is 69.0 Å². The second-order valence-electron chi connectivity index (χ2n) is 2.71. The van der Waals surface area contributed by atoms with E-state index in [1.54, 1.807) is 13.0 Å². The Morgan fingerprint density at radius 3 is 2.17 bits per heavy atom. The van der Waals surface area contributed by atoms with Crippen LogP contribution >= 0.6 is 0 Å². The molecule has 0 aliphatic rings. The van der Waals surface area contributed by atoms with Crippen molar-refractivity contribution in [1.82, 2.24) is 0 Å². The van der Waals surface area contributed by atoms with Crippen molar-refractivity contribution in [3.63, 3.8) is 0 Å². The van der Waals surface area contributed by atoms with Gasteiger partial charge in [0.05, 0.1) is 5.56 Å². The maximum Gasteiger partial charge on any atom is 0.416 e. The van der Waals surface area contributed by atoms with Gasteiger partial charge in [-0.05, 0) is 31.5 Å². The van der Waals surface area contributed by atoms with Crippen molar-refractivity contribution in [1.29, 1.82) is 0 Å². The van der Waals surface area contributed by atoms with Gasteiger partial charge in [0.25, 0.3) is 0 Å². The third kappa shape index (κ3) is 2.00. The number of halogens is 3. The standard InChI is InChI=1S/C9H8F3/c1-6-3-7(2)5-8(4-6)9(10,11)12/h3-5H,1H2,2H3. The molecule has 65 valence electrons. The van der Waals surface area contributed by atoms with Crippen molar-refractivity contribution in [2.24, 2.45) is 0 Å². The van der Waals surface area contributed by atoms with E-state index in [0.29, 0.717) is 11.1 Å². The van der Waals surface area contributed by atoms with Crippen LogP contribution < -0.4 is 0 Å². The van der Waals surface area contributed by atoms with Gasteiger partial charge in [0.1, 0.15) is 0 Å². The molecule has 1 rings (SSSR count). The topological polar surface area (TPSA) is 0 Å². The summed E-state index contributed by atoms with van der Waals surface area (Å²) in [6.07, 6.45) is -4.27. The van der Waals surface area contributed by atoms with E-state index >= 15 is 0 Å². The van der Waals surface area contributed by atoms with Crippen LogP contribution in [0, 0.1) is 13.8 Å². The van der Waals surface area contributed by atoms with Gasteiger partial charge >= 0.3 is 6.18 Å². The minimum absolute atomic E-state index is 0.391. The zero-order valence-corrected chi connectivity index (χ0v) is 6.57. The van der Waals surface area contributed by atoms with Gasteiger partial charge in [0.2, 0.25) is 0 Å². The molecule has 0 saturated carbocycles. The highest BCUT2D eigenvalue weighted by Crippen LogP contribution is 2.30. The van der Waals surface area contributed by atoms with Crippen molar-refractivity contribution in [2.45, 2.75) is 13.1 Å². The third-order valence-electron chi connectivity index (χ3n) is 1.46. The second-order valence-corrected chi connectivity index (χ2v) is 2.71. The van der Waals surface area contributed by atoms with Crippen LogP contribution in [-0.2, 0) is 6.18 Å². The molecule has 0 heterocycles. The van der Waals surface area contributed by atoms with E-state index in [1.807, 2.05) is 0 Å². The number of rotatable bonds is 0. The molecule has 0 N–H and O–H groups in total. The first-order valence-electron chi connectivity index (χ1n) is 3.40. The molecule has 1 aromatic carbocycles. The maximum absolute atomic E-state index is 12.1. The predicted molar refractivity (Wildman–Crippen MR) is 40.6 cm³/mol. The van der Waals surface area contributed by atoms with Gasteiger partial charge in [0, 0.05) is 0 Å². The Balaban J connectivity index is 3.18. The van der Waals surface area contributed by atoms with E-state index in [2.05, 4.69) is 6.92 Å². The maximum atomic E-state index is 12.1. The van der Waals surface area contributed by atoms with Crippen LogP contribution in [0.5, 0.6) is 0 Å². The number of alkyl halides is 3. The smallest absolute Gasteiger partial charge is 0.166 e. The average molecular weight is 173 g/mol. The molecule has 0 saturated heterocycles. The van der Waals surface area contributed by atoms with Crippen molar-refractivity contribution < 1.29 is 13.2 Å². The molecule has 12 heavy (non-hydrogen) atoms. The molecule has 1 radical (unpaired) electrons. The summed E-state index contributed by atoms with van der Waals surface area (Å²) in [7, 11) is 0. The highest BCUT2D eigenvalue weighted by molar-refractivity contribution is 5.32. The molecule has 0 aliphatic carbocycles. The Bertz CT molecular complexity index is 266. The molecule has 0 nitrogen and oxygen atoms in total. The molecule has 0 amide bonds. The highest BCUT2D eigenvalue weighted by atomic mass is 19.4. The van der Waals surface area contributed by atoms with Crippen LogP contribution in [0.1, 0.15) is 16.7 Å². The largest absolute Gasteiger partial charge is 0.416 e. The van der Waals surface area contributed by atoms with Gasteiger partial charge < -0.3 is 0 Å². The van der Waals surface area contributed by atoms with Crippen molar-refractivity contribution in [3.05, 3.63) is 41.8 Å². The lowest BCUT2D eigenvalue weighted by atomic mass is 10.1. The molecule has 0 aromatic heterocycles. The van der Waals surface area contributed by atoms with E-state index < -0.39 is 11.7 Å². The number of hydrogen-bond donors (Lipinski definition) is 0. The third-order valence-corrected chi connectivity index (χ3v) is 1.46. The van der Waals surface area contributed by atoms with E-state index in [9.17, 15) is 13.2 Å². The zero-order chi connectivity index (χ0) is 9.35. The molecule has 1 aromatic rings. The van der Waals surface area contributed by atoms with E-state index in [-0.39, 0.29) is 0 Å². The quantitative estimate of drug-likeness (QED) is 0.565. The van der Waals surface area contributed by atoms with Crippen molar-refractivity contribution in [2.75, 3.05) is 0 Å². The summed E-state index contributed by atoms with van der Waals surface area (Å²) in [5, 5.41) is 0. The number of benzene rings is 1. The fourth-order valence-electron chi connectivity index (χ4n) is 1.03. The molecule has 0 atom stereocenters. The van der Waals surface area contributed by atoms with Gasteiger partial charge in [-0.25, -0.2) is 0 Å². The number of hydrogen-bond acceptors (Lipinski definition) is 0. The van der Waals surface area contributed by atoms with Gasteiger partial charge in [0.15, 0.2) is 0 Å². The first kappa shape index (κ1) is 9.10. The summed E-state index contributed by atoms with van der Waals surface area (Å²) in [5.74, 6) is 0. The van der Waals surface area contributed by atoms with E-state index in [4.69, 9.17) is 0 Å². The minimum Gasteiger partial charge on any atom is -0.166 e. The molecular formula is C9H8F3. The van der Waals surface area contributed by atoms with Gasteiger partial charge in [-0.3, -0.25) is 0 Å². The summed E-state index contributed by atoms with van der Waals surface area (Å²) in [5.41, 5.74) is 0.338. The van der Waals surface area contributed by atoms with Gasteiger partial charge in [-0.2, -0.15) is 13.2 Å². The van der Waals surface area contributed by atoms with E-state index in [0.717, 1.165) is 12.1 Å². The average Bonchev–Trinajstić information content (AvgIpc) is 1.82. The van der Waals surface area contributed by atoms with Crippen molar-refractivity contribution in [3.8, 4) is 0 Å². The first-order valence-corrected chi connectivity index (χ1v) is 3.40. The molecule has 0 spiro atoms. The Kier molecular flexibility index (Phi) is 2.13. The summed E-state index contributed by atoms with van der Waals surface area (Å²) in [6.45, 7) is 5.07. The van der Waals surface area contributed by atoms with Crippen LogP contribution in [0.25, 0.3) is 0 Å². The lowest BCUT2D eigenvalue weighted by Gasteiger charge is -2.08. The summed E-state index contributed by atoms with van der Waals surface area (Å²) in [4.78, 5) is 0. The summed E-state index contributed by atoms with van der Waals surface area (Å²) >= 11 is 0. The monoisotopic (exact) mass is 173 g/mol. The Hall–Kier alpha value is -0.990. The van der Waals surface area contributed by atoms with Crippen LogP contribution in [0.2, 0.25) is 0 Å². The van der Waals surface area contributed by atoms with Crippen LogP contribution in [0.3, 0.4) is 0 Å². The summed E-state index contributed by atoms with van der Waals surface area (Å²) in [6, 6.07) is 3.75. The van der Waals surface area contributed by atoms with Crippen LogP contribution in [0.4, 0.5) is 13.2 Å². The normalized spacial score (nSPS) is 11.8. The van der Waals surface area contributed by atoms with Gasteiger partial charge in [-0.15, -0.1) is 0 Å². The summed E-state index contributed by atoms with van der Waals surface area (Å²) < 4.78 is 36.4. The molecule has 0 aliphatic heterocycles.